The molecule has 1 atom stereocenters. The van der Waals surface area contributed by atoms with Crippen LogP contribution >= 0.6 is 0 Å². The standard InChI is InChI=1S/C22H27F3N6O4/c1-14(29-20(33)35-21(2,3)4)13-34-17-9-16(5-6-26-17)31-8-7-30(12-18(31)32)19-27-10-15(11-28-19)22(23,24)25/h5-6,9-11,14H,7-8,12-13H2,1-4H3,(H,29,33)/t14-/m0/s1. The zero-order chi connectivity index (χ0) is 25.8. The van der Waals surface area contributed by atoms with Crippen LogP contribution in [-0.2, 0) is 15.7 Å². The molecule has 0 aromatic carbocycles. The van der Waals surface area contributed by atoms with Gasteiger partial charge in [0.25, 0.3) is 0 Å². The first kappa shape index (κ1) is 26.0. The molecule has 0 unspecified atom stereocenters. The molecule has 1 saturated heterocycles. The summed E-state index contributed by atoms with van der Waals surface area (Å²) < 4.78 is 49.0. The molecule has 3 rings (SSSR count). The smallest absolute Gasteiger partial charge is 0.419 e. The van der Waals surface area contributed by atoms with E-state index in [-0.39, 0.29) is 43.5 Å². The number of amides is 2. The van der Waals surface area contributed by atoms with Crippen LogP contribution in [0.15, 0.2) is 30.7 Å². The minimum Gasteiger partial charge on any atom is -0.475 e. The molecule has 0 radical (unpaired) electrons. The van der Waals surface area contributed by atoms with Gasteiger partial charge in [0.15, 0.2) is 0 Å². The number of nitrogens with zero attached hydrogens (tertiary/aromatic N) is 5. The van der Waals surface area contributed by atoms with Gasteiger partial charge in [-0.1, -0.05) is 0 Å². The molecule has 190 valence electrons. The first-order valence-corrected chi connectivity index (χ1v) is 10.8. The summed E-state index contributed by atoms with van der Waals surface area (Å²) in [4.78, 5) is 39.3. The molecule has 1 aliphatic rings. The lowest BCUT2D eigenvalue weighted by Gasteiger charge is -2.34. The third kappa shape index (κ3) is 7.42. The lowest BCUT2D eigenvalue weighted by atomic mass is 10.2. The zero-order valence-corrected chi connectivity index (χ0v) is 19.8. The molecule has 10 nitrogen and oxygen atoms in total. The highest BCUT2D eigenvalue weighted by Gasteiger charge is 2.32. The Morgan fingerprint density at radius 1 is 1.17 bits per heavy atom. The van der Waals surface area contributed by atoms with Gasteiger partial charge in [-0.2, -0.15) is 13.2 Å². The van der Waals surface area contributed by atoms with Gasteiger partial charge in [0, 0.05) is 37.7 Å². The molecule has 35 heavy (non-hydrogen) atoms. The van der Waals surface area contributed by atoms with Crippen LogP contribution in [0.3, 0.4) is 0 Å². The highest BCUT2D eigenvalue weighted by molar-refractivity contribution is 5.97. The van der Waals surface area contributed by atoms with Gasteiger partial charge >= 0.3 is 12.3 Å². The van der Waals surface area contributed by atoms with Crippen molar-refractivity contribution in [1.29, 1.82) is 0 Å². The van der Waals surface area contributed by atoms with Crippen LogP contribution < -0.4 is 19.9 Å². The van der Waals surface area contributed by atoms with Gasteiger partial charge in [-0.15, -0.1) is 0 Å². The minimum atomic E-state index is -4.53. The molecule has 1 N–H and O–H groups in total. The highest BCUT2D eigenvalue weighted by Crippen LogP contribution is 2.29. The monoisotopic (exact) mass is 496 g/mol. The average molecular weight is 496 g/mol. The van der Waals surface area contributed by atoms with Crippen molar-refractivity contribution in [3.8, 4) is 5.88 Å². The third-order valence-corrected chi connectivity index (χ3v) is 4.74. The van der Waals surface area contributed by atoms with Gasteiger partial charge < -0.3 is 24.6 Å². The van der Waals surface area contributed by atoms with E-state index in [4.69, 9.17) is 9.47 Å². The van der Waals surface area contributed by atoms with E-state index in [9.17, 15) is 22.8 Å². The Kier molecular flexibility index (Phi) is 7.66. The van der Waals surface area contributed by atoms with Crippen LogP contribution in [0.2, 0.25) is 0 Å². The minimum absolute atomic E-state index is 0.0521. The van der Waals surface area contributed by atoms with Crippen molar-refractivity contribution >= 4 is 23.6 Å². The third-order valence-electron chi connectivity index (χ3n) is 4.74. The molecule has 2 aromatic heterocycles. The lowest BCUT2D eigenvalue weighted by Crippen LogP contribution is -2.51. The Hall–Kier alpha value is -3.64. The topological polar surface area (TPSA) is 110 Å². The van der Waals surface area contributed by atoms with Crippen LogP contribution in [0.5, 0.6) is 5.88 Å². The predicted molar refractivity (Wildman–Crippen MR) is 120 cm³/mol. The normalized spacial score (nSPS) is 15.6. The maximum atomic E-state index is 12.7. The Bertz CT molecular complexity index is 1040. The van der Waals surface area contributed by atoms with Crippen LogP contribution in [-0.4, -0.2) is 64.8 Å². The number of rotatable bonds is 6. The van der Waals surface area contributed by atoms with E-state index >= 15 is 0 Å². The van der Waals surface area contributed by atoms with Crippen LogP contribution in [0, 0.1) is 0 Å². The number of nitrogens with one attached hydrogen (secondary N) is 1. The van der Waals surface area contributed by atoms with Gasteiger partial charge in [-0.3, -0.25) is 4.79 Å². The Morgan fingerprint density at radius 2 is 1.86 bits per heavy atom. The van der Waals surface area contributed by atoms with Crippen molar-refractivity contribution in [3.05, 3.63) is 36.3 Å². The number of carbonyl (C=O) groups is 2. The fraction of sp³-hybridized carbons (Fsp3) is 0.500. The summed E-state index contributed by atoms with van der Waals surface area (Å²) in [7, 11) is 0. The lowest BCUT2D eigenvalue weighted by molar-refractivity contribution is -0.138. The summed E-state index contributed by atoms with van der Waals surface area (Å²) in [6, 6.07) is 2.89. The number of ether oxygens (including phenoxy) is 2. The summed E-state index contributed by atoms with van der Waals surface area (Å²) in [5, 5.41) is 2.67. The Morgan fingerprint density at radius 3 is 2.46 bits per heavy atom. The molecule has 1 aliphatic heterocycles. The molecule has 0 aliphatic carbocycles. The second kappa shape index (κ2) is 10.3. The van der Waals surface area contributed by atoms with Gasteiger partial charge in [0.2, 0.25) is 17.7 Å². The Labute approximate surface area is 200 Å². The molecule has 0 saturated carbocycles. The fourth-order valence-electron chi connectivity index (χ4n) is 3.15. The number of aromatic nitrogens is 3. The van der Waals surface area contributed by atoms with Crippen molar-refractivity contribution in [2.75, 3.05) is 36.0 Å². The molecule has 13 heteroatoms. The van der Waals surface area contributed by atoms with Crippen LogP contribution in [0.1, 0.15) is 33.3 Å². The van der Waals surface area contributed by atoms with Gasteiger partial charge in [-0.25, -0.2) is 19.7 Å². The van der Waals surface area contributed by atoms with Gasteiger partial charge in [0.1, 0.15) is 18.8 Å². The van der Waals surface area contributed by atoms with E-state index in [0.29, 0.717) is 24.6 Å². The summed E-state index contributed by atoms with van der Waals surface area (Å²) >= 11 is 0. The van der Waals surface area contributed by atoms with Crippen molar-refractivity contribution in [2.45, 2.75) is 45.5 Å². The maximum absolute atomic E-state index is 12.7. The quantitative estimate of drug-likeness (QED) is 0.650. The molecule has 2 aromatic rings. The first-order chi connectivity index (χ1) is 16.3. The van der Waals surface area contributed by atoms with E-state index in [1.807, 2.05) is 0 Å². The van der Waals surface area contributed by atoms with Crippen LogP contribution in [0.4, 0.5) is 29.6 Å². The number of piperazine rings is 1. The van der Waals surface area contributed by atoms with E-state index in [2.05, 4.69) is 20.3 Å². The predicted octanol–water partition coefficient (Wildman–Crippen LogP) is 3.04. The van der Waals surface area contributed by atoms with Crippen molar-refractivity contribution in [1.82, 2.24) is 20.3 Å². The second-order valence-electron chi connectivity index (χ2n) is 8.95. The number of hydrogen-bond acceptors (Lipinski definition) is 8. The molecule has 3 heterocycles. The molecular weight excluding hydrogens is 469 g/mol. The summed E-state index contributed by atoms with van der Waals surface area (Å²) in [6.45, 7) is 7.67. The summed E-state index contributed by atoms with van der Waals surface area (Å²) in [5.74, 6) is 0.0368. The number of carbonyl (C=O) groups excluding carboxylic acids is 2. The average Bonchev–Trinajstić information content (AvgIpc) is 2.76. The molecular formula is C22H27F3N6O4. The number of halogens is 3. The largest absolute Gasteiger partial charge is 0.475 e. The van der Waals surface area contributed by atoms with Crippen molar-refractivity contribution in [3.63, 3.8) is 0 Å². The summed E-state index contributed by atoms with van der Waals surface area (Å²) in [6.07, 6.45) is -2.20. The number of hydrogen-bond donors (Lipinski definition) is 1. The van der Waals surface area contributed by atoms with Crippen molar-refractivity contribution in [2.24, 2.45) is 0 Å². The first-order valence-electron chi connectivity index (χ1n) is 10.8. The van der Waals surface area contributed by atoms with Crippen molar-refractivity contribution < 1.29 is 32.2 Å². The van der Waals surface area contributed by atoms with E-state index in [1.54, 1.807) is 39.8 Å². The van der Waals surface area contributed by atoms with E-state index < -0.39 is 23.4 Å². The molecule has 2 amide bonds. The summed E-state index contributed by atoms with van der Waals surface area (Å²) in [5.41, 5.74) is -1.01. The maximum Gasteiger partial charge on any atom is 0.419 e. The fourth-order valence-corrected chi connectivity index (χ4v) is 3.15. The van der Waals surface area contributed by atoms with Crippen LogP contribution in [0.25, 0.3) is 0 Å². The Balaban J connectivity index is 1.56. The number of pyridine rings is 1. The van der Waals surface area contributed by atoms with E-state index in [0.717, 1.165) is 0 Å². The molecule has 0 spiro atoms. The van der Waals surface area contributed by atoms with Gasteiger partial charge in [-0.05, 0) is 33.8 Å². The SMILES string of the molecule is C[C@@H](COc1cc(N2CCN(c3ncc(C(F)(F)F)cn3)CC2=O)ccn1)NC(=O)OC(C)(C)C. The zero-order valence-electron chi connectivity index (χ0n) is 19.8. The number of anilines is 2. The van der Waals surface area contributed by atoms with E-state index in [1.165, 1.54) is 16.0 Å². The highest BCUT2D eigenvalue weighted by atomic mass is 19.4. The molecule has 0 bridgehead atoms. The number of alkyl carbamates (subject to hydrolysis) is 1. The van der Waals surface area contributed by atoms with Gasteiger partial charge in [0.05, 0.1) is 17.3 Å². The second-order valence-corrected chi connectivity index (χ2v) is 8.95. The number of alkyl halides is 3. The molecule has 1 fully saturated rings.